The van der Waals surface area contributed by atoms with Crippen LogP contribution in [0.2, 0.25) is 0 Å². The van der Waals surface area contributed by atoms with Crippen LogP contribution >= 0.6 is 11.8 Å². The number of hydrogen-bond acceptors (Lipinski definition) is 5. The molecule has 1 amide bonds. The molecule has 4 atom stereocenters. The van der Waals surface area contributed by atoms with Crippen LogP contribution in [0.5, 0.6) is 0 Å². The summed E-state index contributed by atoms with van der Waals surface area (Å²) in [7, 11) is 1.68. The van der Waals surface area contributed by atoms with Gasteiger partial charge in [0.05, 0.1) is 18.9 Å². The van der Waals surface area contributed by atoms with E-state index in [9.17, 15) is 4.79 Å². The number of nitrogens with zero attached hydrogens (tertiary/aromatic N) is 3. The molecule has 0 unspecified atom stereocenters. The van der Waals surface area contributed by atoms with E-state index in [1.54, 1.807) is 7.11 Å². The van der Waals surface area contributed by atoms with E-state index in [0.29, 0.717) is 24.8 Å². The van der Waals surface area contributed by atoms with Gasteiger partial charge in [-0.05, 0) is 43.9 Å². The summed E-state index contributed by atoms with van der Waals surface area (Å²) in [5.41, 5.74) is 1.01. The van der Waals surface area contributed by atoms with Gasteiger partial charge in [0.15, 0.2) is 11.0 Å². The fraction of sp³-hybridized carbons (Fsp3) is 0.591. The summed E-state index contributed by atoms with van der Waals surface area (Å²) in [6.45, 7) is 3.39. The molecule has 4 rings (SSSR count). The molecule has 0 radical (unpaired) electrons. The Bertz CT molecular complexity index is 825. The lowest BCUT2D eigenvalue weighted by molar-refractivity contribution is -0.119. The number of hydrogen-bond donors (Lipinski definition) is 1. The van der Waals surface area contributed by atoms with Gasteiger partial charge >= 0.3 is 0 Å². The van der Waals surface area contributed by atoms with Gasteiger partial charge in [-0.3, -0.25) is 9.36 Å². The van der Waals surface area contributed by atoms with Gasteiger partial charge in [0.1, 0.15) is 0 Å². The van der Waals surface area contributed by atoms with E-state index in [1.807, 2.05) is 34.9 Å². The van der Waals surface area contributed by atoms with Crippen molar-refractivity contribution in [3.8, 4) is 11.4 Å². The van der Waals surface area contributed by atoms with Gasteiger partial charge in [0.2, 0.25) is 5.91 Å². The van der Waals surface area contributed by atoms with Gasteiger partial charge in [-0.2, -0.15) is 0 Å². The van der Waals surface area contributed by atoms with Crippen molar-refractivity contribution in [3.05, 3.63) is 30.3 Å². The summed E-state index contributed by atoms with van der Waals surface area (Å²) in [4.78, 5) is 12.6. The molecule has 2 bridgehead atoms. The molecule has 2 fully saturated rings. The minimum Gasteiger partial charge on any atom is -0.383 e. The van der Waals surface area contributed by atoms with E-state index in [0.717, 1.165) is 28.4 Å². The largest absolute Gasteiger partial charge is 0.383 e. The first kappa shape index (κ1) is 20.4. The van der Waals surface area contributed by atoms with Crippen LogP contribution in [0.3, 0.4) is 0 Å². The normalized spacial score (nSPS) is 24.0. The predicted molar refractivity (Wildman–Crippen MR) is 115 cm³/mol. The molecule has 2 aliphatic rings. The third-order valence-corrected chi connectivity index (χ3v) is 7.39. The second kappa shape index (κ2) is 9.30. The number of aromatic nitrogens is 3. The molecular weight excluding hydrogens is 384 g/mol. The predicted octanol–water partition coefficient (Wildman–Crippen LogP) is 3.62. The van der Waals surface area contributed by atoms with E-state index in [2.05, 4.69) is 22.4 Å². The number of benzene rings is 1. The molecule has 0 saturated heterocycles. The number of carbonyl (C=O) groups is 1. The Labute approximate surface area is 176 Å². The number of amides is 1. The lowest BCUT2D eigenvalue weighted by atomic mass is 9.84. The Hall–Kier alpha value is -1.86. The molecule has 7 heteroatoms. The summed E-state index contributed by atoms with van der Waals surface area (Å²) in [6.07, 6.45) is 5.38. The average Bonchev–Trinajstić information content (AvgIpc) is 3.47. The highest BCUT2D eigenvalue weighted by molar-refractivity contribution is 7.99. The summed E-state index contributed by atoms with van der Waals surface area (Å²) in [5, 5.41) is 12.7. The van der Waals surface area contributed by atoms with Crippen LogP contribution in [0.1, 0.15) is 32.6 Å². The van der Waals surface area contributed by atoms with Gasteiger partial charge in [-0.25, -0.2) is 0 Å². The van der Waals surface area contributed by atoms with Gasteiger partial charge in [0, 0.05) is 18.7 Å². The van der Waals surface area contributed by atoms with Crippen LogP contribution in [0.15, 0.2) is 35.5 Å². The number of fused-ring (bicyclic) bond motifs is 2. The topological polar surface area (TPSA) is 69.0 Å². The molecule has 0 spiro atoms. The average molecular weight is 415 g/mol. The first-order chi connectivity index (χ1) is 14.2. The Balaban J connectivity index is 1.37. The maximum atomic E-state index is 12.6. The van der Waals surface area contributed by atoms with E-state index in [-0.39, 0.29) is 11.9 Å². The highest BCUT2D eigenvalue weighted by Gasteiger charge is 2.42. The molecular formula is C22H30N4O2S. The summed E-state index contributed by atoms with van der Waals surface area (Å²) in [6, 6.07) is 10.3. The first-order valence-electron chi connectivity index (χ1n) is 10.6. The fourth-order valence-electron chi connectivity index (χ4n) is 5.02. The van der Waals surface area contributed by atoms with Gasteiger partial charge < -0.3 is 10.1 Å². The lowest BCUT2D eigenvalue weighted by Gasteiger charge is -2.28. The zero-order valence-electron chi connectivity index (χ0n) is 17.2. The zero-order valence-corrected chi connectivity index (χ0v) is 18.0. The number of thioether (sulfide) groups is 1. The Morgan fingerprint density at radius 1 is 1.28 bits per heavy atom. The van der Waals surface area contributed by atoms with E-state index < -0.39 is 0 Å². The Morgan fingerprint density at radius 2 is 2.10 bits per heavy atom. The lowest BCUT2D eigenvalue weighted by Crippen LogP contribution is -2.40. The van der Waals surface area contributed by atoms with Gasteiger partial charge in [0.25, 0.3) is 0 Å². The van der Waals surface area contributed by atoms with Crippen LogP contribution in [0.4, 0.5) is 0 Å². The molecule has 0 aliphatic heterocycles. The van der Waals surface area contributed by atoms with E-state index in [4.69, 9.17) is 4.74 Å². The quantitative estimate of drug-likeness (QED) is 0.635. The van der Waals surface area contributed by atoms with Crippen LogP contribution < -0.4 is 5.32 Å². The molecule has 156 valence electrons. The SMILES string of the molecule is COCCn1c(SCC(=O)N[C@H](C)[C@@H]2C[C@H]3CC[C@H]2C3)nnc1-c1ccccc1. The van der Waals surface area contributed by atoms with Crippen molar-refractivity contribution in [2.45, 2.75) is 50.4 Å². The van der Waals surface area contributed by atoms with E-state index >= 15 is 0 Å². The highest BCUT2D eigenvalue weighted by Crippen LogP contribution is 2.49. The maximum Gasteiger partial charge on any atom is 0.230 e. The smallest absolute Gasteiger partial charge is 0.230 e. The van der Waals surface area contributed by atoms with Crippen molar-refractivity contribution in [2.24, 2.45) is 17.8 Å². The Morgan fingerprint density at radius 3 is 2.79 bits per heavy atom. The van der Waals surface area contributed by atoms with Crippen molar-refractivity contribution in [1.29, 1.82) is 0 Å². The van der Waals surface area contributed by atoms with Crippen LogP contribution in [-0.2, 0) is 16.1 Å². The van der Waals surface area contributed by atoms with Crippen molar-refractivity contribution in [2.75, 3.05) is 19.5 Å². The number of rotatable bonds is 9. The van der Waals surface area contributed by atoms with Crippen molar-refractivity contribution < 1.29 is 9.53 Å². The minimum atomic E-state index is 0.0767. The first-order valence-corrected chi connectivity index (χ1v) is 11.5. The van der Waals surface area contributed by atoms with Crippen molar-refractivity contribution >= 4 is 17.7 Å². The molecule has 1 heterocycles. The van der Waals surface area contributed by atoms with Crippen molar-refractivity contribution in [1.82, 2.24) is 20.1 Å². The molecule has 29 heavy (non-hydrogen) atoms. The fourth-order valence-corrected chi connectivity index (χ4v) is 5.80. The summed E-state index contributed by atoms with van der Waals surface area (Å²) >= 11 is 1.44. The number of nitrogens with one attached hydrogen (secondary N) is 1. The van der Waals surface area contributed by atoms with Gasteiger partial charge in [-0.1, -0.05) is 48.5 Å². The number of methoxy groups -OCH3 is 1. The number of ether oxygens (including phenoxy) is 1. The molecule has 1 aromatic heterocycles. The van der Waals surface area contributed by atoms with Crippen LogP contribution in [0.25, 0.3) is 11.4 Å². The van der Waals surface area contributed by atoms with Gasteiger partial charge in [-0.15, -0.1) is 10.2 Å². The third-order valence-electron chi connectivity index (χ3n) is 6.42. The molecule has 1 N–H and O–H groups in total. The number of carbonyl (C=O) groups excluding carboxylic acids is 1. The van der Waals surface area contributed by atoms with Crippen LogP contribution in [0, 0.1) is 17.8 Å². The second-order valence-corrected chi connectivity index (χ2v) is 9.24. The maximum absolute atomic E-state index is 12.6. The third kappa shape index (κ3) is 4.67. The van der Waals surface area contributed by atoms with Crippen molar-refractivity contribution in [3.63, 3.8) is 0 Å². The zero-order chi connectivity index (χ0) is 20.2. The van der Waals surface area contributed by atoms with Crippen LogP contribution in [-0.4, -0.2) is 46.2 Å². The summed E-state index contributed by atoms with van der Waals surface area (Å²) < 4.78 is 7.29. The molecule has 2 aromatic rings. The highest BCUT2D eigenvalue weighted by atomic mass is 32.2. The second-order valence-electron chi connectivity index (χ2n) is 8.30. The standard InChI is InChI=1S/C22H30N4O2S/c1-15(19-13-16-8-9-18(19)12-16)23-20(27)14-29-22-25-24-21(26(22)10-11-28-2)17-6-4-3-5-7-17/h3-7,15-16,18-19H,8-14H2,1-2H3,(H,23,27)/t15-,16+,18+,19+/m1/s1. The Kier molecular flexibility index (Phi) is 6.55. The minimum absolute atomic E-state index is 0.0767. The molecule has 6 nitrogen and oxygen atoms in total. The monoisotopic (exact) mass is 414 g/mol. The molecule has 2 aliphatic carbocycles. The summed E-state index contributed by atoms with van der Waals surface area (Å²) in [5.74, 6) is 3.60. The van der Waals surface area contributed by atoms with E-state index in [1.165, 1.54) is 37.4 Å². The molecule has 1 aromatic carbocycles. The molecule has 2 saturated carbocycles.